The maximum atomic E-state index is 12.7. The normalized spacial score (nSPS) is 19.7. The van der Waals surface area contributed by atoms with Gasteiger partial charge in [-0.05, 0) is 29.8 Å². The Kier molecular flexibility index (Phi) is 5.11. The van der Waals surface area contributed by atoms with Crippen LogP contribution in [0.5, 0.6) is 0 Å². The zero-order chi connectivity index (χ0) is 21.6. The molecule has 0 bridgehead atoms. The molecule has 2 aliphatic rings. The number of anilines is 1. The average Bonchev–Trinajstić information content (AvgIpc) is 2.67. The Morgan fingerprint density at radius 3 is 2.33 bits per heavy atom. The van der Waals surface area contributed by atoms with Gasteiger partial charge in [0.15, 0.2) is 9.84 Å². The number of carbonyl (C=O) groups excluding carboxylic acids is 1. The molecule has 8 nitrogen and oxygen atoms in total. The summed E-state index contributed by atoms with van der Waals surface area (Å²) in [5, 5.41) is 3.31. The first-order valence-corrected chi connectivity index (χ1v) is 12.9. The molecule has 1 amide bonds. The molecular weight excluding hydrogens is 426 g/mol. The van der Waals surface area contributed by atoms with Crippen LogP contribution >= 0.6 is 0 Å². The summed E-state index contributed by atoms with van der Waals surface area (Å²) in [7, 11) is -6.89. The van der Waals surface area contributed by atoms with Gasteiger partial charge in [0, 0.05) is 32.2 Å². The fourth-order valence-electron chi connectivity index (χ4n) is 3.91. The maximum absolute atomic E-state index is 12.7. The Labute approximate surface area is 176 Å². The van der Waals surface area contributed by atoms with Crippen molar-refractivity contribution >= 4 is 31.5 Å². The number of likely N-dealkylation sites (tertiary alicyclic amines) is 1. The summed E-state index contributed by atoms with van der Waals surface area (Å²) in [6.45, 7) is 0.829. The lowest BCUT2D eigenvalue weighted by atomic mass is 9.96. The van der Waals surface area contributed by atoms with E-state index in [0.29, 0.717) is 31.6 Å². The minimum absolute atomic E-state index is 0.0731. The van der Waals surface area contributed by atoms with E-state index >= 15 is 0 Å². The number of nitrogens with one attached hydrogen (secondary N) is 2. The van der Waals surface area contributed by atoms with Crippen molar-refractivity contribution in [2.75, 3.05) is 24.7 Å². The number of hydrogen-bond donors (Lipinski definition) is 2. The topological polar surface area (TPSA) is 113 Å². The Morgan fingerprint density at radius 1 is 1.07 bits per heavy atom. The molecule has 2 heterocycles. The molecule has 0 atom stereocenters. The Bertz CT molecular complexity index is 1180. The van der Waals surface area contributed by atoms with Gasteiger partial charge in [-0.15, -0.1) is 0 Å². The average molecular weight is 450 g/mol. The van der Waals surface area contributed by atoms with E-state index in [4.69, 9.17) is 0 Å². The van der Waals surface area contributed by atoms with Gasteiger partial charge in [0.25, 0.3) is 0 Å². The Balaban J connectivity index is 1.42. The van der Waals surface area contributed by atoms with Gasteiger partial charge in [-0.1, -0.05) is 24.3 Å². The first kappa shape index (κ1) is 20.8. The summed E-state index contributed by atoms with van der Waals surface area (Å²) in [4.78, 5) is 14.9. The van der Waals surface area contributed by atoms with E-state index in [1.807, 2.05) is 0 Å². The molecule has 4 rings (SSSR count). The Hall–Kier alpha value is -2.43. The number of rotatable bonds is 3. The lowest BCUT2D eigenvalue weighted by molar-refractivity contribution is -0.131. The third-order valence-corrected chi connectivity index (χ3v) is 8.28. The summed E-state index contributed by atoms with van der Waals surface area (Å²) in [5.41, 5.74) is 0.501. The summed E-state index contributed by atoms with van der Waals surface area (Å²) in [6.07, 6.45) is 2.19. The van der Waals surface area contributed by atoms with Crippen LogP contribution in [0.4, 0.5) is 5.69 Å². The minimum atomic E-state index is -3.62. The molecule has 2 aromatic rings. The van der Waals surface area contributed by atoms with Gasteiger partial charge in [-0.3, -0.25) is 4.79 Å². The van der Waals surface area contributed by atoms with E-state index in [1.54, 1.807) is 41.3 Å². The number of sulfonamides is 1. The third kappa shape index (κ3) is 4.07. The molecule has 1 fully saturated rings. The van der Waals surface area contributed by atoms with Crippen molar-refractivity contribution < 1.29 is 21.6 Å². The van der Waals surface area contributed by atoms with Crippen LogP contribution in [0.25, 0.3) is 0 Å². The molecule has 2 N–H and O–H groups in total. The second kappa shape index (κ2) is 7.36. The monoisotopic (exact) mass is 449 g/mol. The number of nitrogens with zero attached hydrogens (tertiary/aromatic N) is 1. The van der Waals surface area contributed by atoms with Crippen molar-refractivity contribution in [3.63, 3.8) is 0 Å². The van der Waals surface area contributed by atoms with E-state index in [0.717, 1.165) is 11.8 Å². The van der Waals surface area contributed by atoms with Crippen molar-refractivity contribution in [1.29, 1.82) is 0 Å². The van der Waals surface area contributed by atoms with Crippen LogP contribution in [-0.4, -0.2) is 52.7 Å². The van der Waals surface area contributed by atoms with Crippen molar-refractivity contribution in [3.05, 3.63) is 54.1 Å². The van der Waals surface area contributed by atoms with E-state index < -0.39 is 25.5 Å². The van der Waals surface area contributed by atoms with Gasteiger partial charge < -0.3 is 10.2 Å². The zero-order valence-electron chi connectivity index (χ0n) is 16.5. The van der Waals surface area contributed by atoms with E-state index in [9.17, 15) is 21.6 Å². The number of amides is 1. The number of para-hydroxylation sites is 1. The quantitative estimate of drug-likeness (QED) is 0.732. The highest BCUT2D eigenvalue weighted by Crippen LogP contribution is 2.34. The number of carbonyl (C=O) groups is 1. The number of sulfone groups is 1. The molecule has 0 aliphatic carbocycles. The number of hydrogen-bond acceptors (Lipinski definition) is 6. The highest BCUT2D eigenvalue weighted by Gasteiger charge is 2.43. The van der Waals surface area contributed by atoms with Crippen LogP contribution < -0.4 is 10.0 Å². The van der Waals surface area contributed by atoms with E-state index in [1.165, 1.54) is 12.1 Å². The lowest BCUT2D eigenvalue weighted by Crippen LogP contribution is -2.62. The molecule has 0 unspecified atom stereocenters. The molecule has 0 radical (unpaired) electrons. The predicted molar refractivity (Wildman–Crippen MR) is 112 cm³/mol. The molecule has 2 aromatic carbocycles. The lowest BCUT2D eigenvalue weighted by Gasteiger charge is -2.45. The van der Waals surface area contributed by atoms with Crippen molar-refractivity contribution in [1.82, 2.24) is 9.62 Å². The second-order valence-corrected chi connectivity index (χ2v) is 11.4. The highest BCUT2D eigenvalue weighted by atomic mass is 32.2. The highest BCUT2D eigenvalue weighted by molar-refractivity contribution is 7.90. The second-order valence-electron chi connectivity index (χ2n) is 7.78. The summed E-state index contributed by atoms with van der Waals surface area (Å²) in [5.74, 6) is -0.0731. The molecule has 1 saturated heterocycles. The molecule has 160 valence electrons. The summed E-state index contributed by atoms with van der Waals surface area (Å²) >= 11 is 0. The summed E-state index contributed by atoms with van der Waals surface area (Å²) in [6, 6.07) is 13.1. The third-order valence-electron chi connectivity index (χ3n) is 5.56. The number of benzene rings is 2. The van der Waals surface area contributed by atoms with Crippen molar-refractivity contribution in [2.24, 2.45) is 0 Å². The van der Waals surface area contributed by atoms with Crippen LogP contribution in [-0.2, 0) is 31.1 Å². The fourth-order valence-corrected chi connectivity index (χ4v) is 6.08. The van der Waals surface area contributed by atoms with Crippen LogP contribution in [0.2, 0.25) is 0 Å². The summed E-state index contributed by atoms with van der Waals surface area (Å²) < 4.78 is 51.1. The predicted octanol–water partition coefficient (Wildman–Crippen LogP) is 1.36. The van der Waals surface area contributed by atoms with Gasteiger partial charge in [0.1, 0.15) is 10.6 Å². The minimum Gasteiger partial charge on any atom is -0.365 e. The maximum Gasteiger partial charge on any atom is 0.244 e. The van der Waals surface area contributed by atoms with Crippen LogP contribution in [0.15, 0.2) is 58.3 Å². The van der Waals surface area contributed by atoms with Crippen LogP contribution in [0.3, 0.4) is 0 Å². The number of piperidine rings is 1. The van der Waals surface area contributed by atoms with Gasteiger partial charge >= 0.3 is 0 Å². The van der Waals surface area contributed by atoms with Gasteiger partial charge in [0.2, 0.25) is 15.9 Å². The zero-order valence-corrected chi connectivity index (χ0v) is 18.1. The Morgan fingerprint density at radius 2 is 1.70 bits per heavy atom. The molecule has 0 aromatic heterocycles. The molecule has 10 heteroatoms. The standard InChI is InChI=1S/C20H23N3O5S2/c1-29(25,26)16-8-6-15(7-9-16)14-19(24)23-12-10-20(11-13-23)21-17-4-2-3-5-18(17)30(27,28)22-20/h2-9,21-22H,10-14H2,1H3. The van der Waals surface area contributed by atoms with Crippen LogP contribution in [0, 0.1) is 0 Å². The molecule has 2 aliphatic heterocycles. The van der Waals surface area contributed by atoms with E-state index in [2.05, 4.69) is 10.0 Å². The van der Waals surface area contributed by atoms with Gasteiger partial charge in [-0.25, -0.2) is 16.8 Å². The fraction of sp³-hybridized carbons (Fsp3) is 0.350. The van der Waals surface area contributed by atoms with Gasteiger partial charge in [-0.2, -0.15) is 4.72 Å². The van der Waals surface area contributed by atoms with E-state index in [-0.39, 0.29) is 22.1 Å². The number of fused-ring (bicyclic) bond motifs is 1. The smallest absolute Gasteiger partial charge is 0.244 e. The van der Waals surface area contributed by atoms with Gasteiger partial charge in [0.05, 0.1) is 17.0 Å². The molecule has 30 heavy (non-hydrogen) atoms. The van der Waals surface area contributed by atoms with Crippen molar-refractivity contribution in [3.8, 4) is 0 Å². The first-order valence-electron chi connectivity index (χ1n) is 9.56. The SMILES string of the molecule is CS(=O)(=O)c1ccc(CC(=O)N2CCC3(CC2)Nc2ccccc2S(=O)(=O)N3)cc1. The molecule has 1 spiro atoms. The largest absolute Gasteiger partial charge is 0.365 e. The molecular formula is C20H23N3O5S2. The van der Waals surface area contributed by atoms with Crippen LogP contribution in [0.1, 0.15) is 18.4 Å². The van der Waals surface area contributed by atoms with Crippen molar-refractivity contribution in [2.45, 2.75) is 34.7 Å². The first-order chi connectivity index (χ1) is 14.1. The molecule has 0 saturated carbocycles.